The van der Waals surface area contributed by atoms with Crippen LogP contribution in [-0.2, 0) is 13.0 Å². The summed E-state index contributed by atoms with van der Waals surface area (Å²) in [6, 6.07) is 10.6. The number of carboxylic acid groups (broad SMARTS) is 1. The fourth-order valence-corrected chi connectivity index (χ4v) is 2.23. The fourth-order valence-electron chi connectivity index (χ4n) is 2.23. The lowest BCUT2D eigenvalue weighted by Crippen LogP contribution is -2.28. The van der Waals surface area contributed by atoms with Crippen LogP contribution in [0.15, 0.2) is 41.2 Å². The Bertz CT molecular complexity index is 701. The number of pyridine rings is 1. The van der Waals surface area contributed by atoms with Crippen molar-refractivity contribution in [2.75, 3.05) is 6.61 Å². The van der Waals surface area contributed by atoms with Crippen molar-refractivity contribution in [3.8, 4) is 11.3 Å². The summed E-state index contributed by atoms with van der Waals surface area (Å²) in [5.74, 6) is -1.26. The van der Waals surface area contributed by atoms with Gasteiger partial charge in [-0.05, 0) is 29.7 Å². The molecule has 2 rings (SSSR count). The van der Waals surface area contributed by atoms with Gasteiger partial charge in [0.25, 0.3) is 5.56 Å². The highest BCUT2D eigenvalue weighted by atomic mass is 16.4. The number of carboxylic acids is 1. The van der Waals surface area contributed by atoms with Gasteiger partial charge in [-0.1, -0.05) is 31.2 Å². The van der Waals surface area contributed by atoms with Gasteiger partial charge in [-0.2, -0.15) is 0 Å². The van der Waals surface area contributed by atoms with Gasteiger partial charge >= 0.3 is 5.97 Å². The summed E-state index contributed by atoms with van der Waals surface area (Å²) < 4.78 is 1.30. The zero-order chi connectivity index (χ0) is 15.4. The number of benzene rings is 1. The van der Waals surface area contributed by atoms with Gasteiger partial charge in [-0.15, -0.1) is 0 Å². The van der Waals surface area contributed by atoms with Crippen LogP contribution < -0.4 is 5.56 Å². The minimum Gasteiger partial charge on any atom is -0.477 e. The van der Waals surface area contributed by atoms with E-state index in [4.69, 9.17) is 10.2 Å². The second-order valence-corrected chi connectivity index (χ2v) is 4.67. The number of hydrogen-bond acceptors (Lipinski definition) is 3. The van der Waals surface area contributed by atoms with Crippen molar-refractivity contribution in [1.82, 2.24) is 4.57 Å². The number of aromatic carboxylic acids is 1. The second kappa shape index (κ2) is 6.37. The molecule has 1 aromatic heterocycles. The van der Waals surface area contributed by atoms with E-state index in [0.717, 1.165) is 12.0 Å². The summed E-state index contributed by atoms with van der Waals surface area (Å²) in [4.78, 5) is 23.2. The van der Waals surface area contributed by atoms with E-state index in [1.807, 2.05) is 24.3 Å². The van der Waals surface area contributed by atoms with E-state index in [0.29, 0.717) is 5.69 Å². The lowest BCUT2D eigenvalue weighted by molar-refractivity contribution is 0.0694. The third kappa shape index (κ3) is 3.03. The first kappa shape index (κ1) is 15.0. The van der Waals surface area contributed by atoms with Gasteiger partial charge in [-0.25, -0.2) is 4.79 Å². The molecule has 0 radical (unpaired) electrons. The molecule has 110 valence electrons. The van der Waals surface area contributed by atoms with Crippen LogP contribution in [0.1, 0.15) is 22.8 Å². The number of carbonyl (C=O) groups is 1. The number of hydrogen-bond donors (Lipinski definition) is 2. The minimum atomic E-state index is -1.26. The van der Waals surface area contributed by atoms with E-state index in [-0.39, 0.29) is 18.7 Å². The molecule has 1 heterocycles. The van der Waals surface area contributed by atoms with E-state index in [9.17, 15) is 9.59 Å². The molecular formula is C16H17NO4. The molecule has 0 saturated heterocycles. The Hall–Kier alpha value is -2.40. The van der Waals surface area contributed by atoms with E-state index in [1.54, 1.807) is 6.07 Å². The number of rotatable bonds is 5. The Morgan fingerprint density at radius 3 is 2.33 bits per heavy atom. The Labute approximate surface area is 122 Å². The van der Waals surface area contributed by atoms with Crippen molar-refractivity contribution in [3.05, 3.63) is 57.9 Å². The van der Waals surface area contributed by atoms with Crippen molar-refractivity contribution in [3.63, 3.8) is 0 Å². The molecule has 0 fully saturated rings. The summed E-state index contributed by atoms with van der Waals surface area (Å²) in [5.41, 5.74) is 1.69. The van der Waals surface area contributed by atoms with Crippen LogP contribution in [0.25, 0.3) is 11.3 Å². The summed E-state index contributed by atoms with van der Waals surface area (Å²) in [6.07, 6.45) is 0.918. The van der Waals surface area contributed by atoms with Crippen LogP contribution >= 0.6 is 0 Å². The molecule has 0 amide bonds. The van der Waals surface area contributed by atoms with Crippen LogP contribution in [0, 0.1) is 0 Å². The standard InChI is InChI=1S/C16H17NO4/c1-2-11-3-5-12(6-4-11)14-8-7-13(16(20)21)15(19)17(14)9-10-18/h3-8,18H,2,9-10H2,1H3,(H,20,21). The summed E-state index contributed by atoms with van der Waals surface area (Å²) in [5, 5.41) is 18.1. The van der Waals surface area contributed by atoms with Gasteiger partial charge < -0.3 is 14.8 Å². The van der Waals surface area contributed by atoms with Crippen molar-refractivity contribution in [2.24, 2.45) is 0 Å². The molecule has 5 heteroatoms. The Balaban J connectivity index is 2.59. The maximum absolute atomic E-state index is 12.2. The molecule has 0 bridgehead atoms. The van der Waals surface area contributed by atoms with E-state index < -0.39 is 11.5 Å². The van der Waals surface area contributed by atoms with Gasteiger partial charge in [0.05, 0.1) is 12.3 Å². The second-order valence-electron chi connectivity index (χ2n) is 4.67. The molecule has 0 aliphatic heterocycles. The minimum absolute atomic E-state index is 0.0603. The predicted molar refractivity (Wildman–Crippen MR) is 79.6 cm³/mol. The van der Waals surface area contributed by atoms with Gasteiger partial charge in [-0.3, -0.25) is 4.79 Å². The molecule has 0 saturated carbocycles. The Kier molecular flexibility index (Phi) is 4.55. The van der Waals surface area contributed by atoms with Gasteiger partial charge in [0.15, 0.2) is 0 Å². The van der Waals surface area contributed by atoms with Gasteiger partial charge in [0.1, 0.15) is 5.56 Å². The normalized spacial score (nSPS) is 10.6. The van der Waals surface area contributed by atoms with Crippen molar-refractivity contribution < 1.29 is 15.0 Å². The highest BCUT2D eigenvalue weighted by Gasteiger charge is 2.14. The highest BCUT2D eigenvalue weighted by molar-refractivity contribution is 5.87. The van der Waals surface area contributed by atoms with E-state index >= 15 is 0 Å². The van der Waals surface area contributed by atoms with Crippen LogP contribution in [0.2, 0.25) is 0 Å². The van der Waals surface area contributed by atoms with Crippen LogP contribution in [0.3, 0.4) is 0 Å². The topological polar surface area (TPSA) is 79.5 Å². The van der Waals surface area contributed by atoms with Crippen molar-refractivity contribution in [1.29, 1.82) is 0 Å². The first-order valence-electron chi connectivity index (χ1n) is 6.75. The molecule has 21 heavy (non-hydrogen) atoms. The maximum atomic E-state index is 12.2. The zero-order valence-corrected chi connectivity index (χ0v) is 11.7. The Morgan fingerprint density at radius 2 is 1.81 bits per heavy atom. The predicted octanol–water partition coefficient (Wildman–Crippen LogP) is 1.77. The molecule has 0 aliphatic rings. The van der Waals surface area contributed by atoms with E-state index in [2.05, 4.69) is 6.92 Å². The molecule has 0 spiro atoms. The first-order chi connectivity index (χ1) is 10.1. The molecule has 5 nitrogen and oxygen atoms in total. The monoisotopic (exact) mass is 287 g/mol. The summed E-state index contributed by atoms with van der Waals surface area (Å²) >= 11 is 0. The van der Waals surface area contributed by atoms with E-state index in [1.165, 1.54) is 16.2 Å². The summed E-state index contributed by atoms with van der Waals surface area (Å²) in [6.45, 7) is 1.88. The summed E-state index contributed by atoms with van der Waals surface area (Å²) in [7, 11) is 0. The lowest BCUT2D eigenvalue weighted by atomic mass is 10.1. The molecule has 0 atom stereocenters. The first-order valence-corrected chi connectivity index (χ1v) is 6.75. The smallest absolute Gasteiger partial charge is 0.341 e. The number of aliphatic hydroxyl groups is 1. The SMILES string of the molecule is CCc1ccc(-c2ccc(C(=O)O)c(=O)n2CCO)cc1. The van der Waals surface area contributed by atoms with Crippen molar-refractivity contribution >= 4 is 5.97 Å². The number of aromatic nitrogens is 1. The average Bonchev–Trinajstić information content (AvgIpc) is 2.49. The highest BCUT2D eigenvalue weighted by Crippen LogP contribution is 2.19. The average molecular weight is 287 g/mol. The largest absolute Gasteiger partial charge is 0.477 e. The van der Waals surface area contributed by atoms with Crippen LogP contribution in [-0.4, -0.2) is 27.4 Å². The number of nitrogens with zero attached hydrogens (tertiary/aromatic N) is 1. The van der Waals surface area contributed by atoms with Crippen molar-refractivity contribution in [2.45, 2.75) is 19.9 Å². The van der Waals surface area contributed by atoms with Crippen LogP contribution in [0.4, 0.5) is 0 Å². The zero-order valence-electron chi connectivity index (χ0n) is 11.7. The molecule has 2 aromatic rings. The molecule has 0 unspecified atom stereocenters. The molecule has 2 N–H and O–H groups in total. The van der Waals surface area contributed by atoms with Gasteiger partial charge in [0, 0.05) is 6.54 Å². The third-order valence-electron chi connectivity index (χ3n) is 3.39. The Morgan fingerprint density at radius 1 is 1.14 bits per heavy atom. The fraction of sp³-hybridized carbons (Fsp3) is 0.250. The third-order valence-corrected chi connectivity index (χ3v) is 3.39. The van der Waals surface area contributed by atoms with Crippen LogP contribution in [0.5, 0.6) is 0 Å². The number of aryl methyl sites for hydroxylation is 1. The molecule has 0 aliphatic carbocycles. The lowest BCUT2D eigenvalue weighted by Gasteiger charge is -2.13. The molecule has 1 aromatic carbocycles. The quantitative estimate of drug-likeness (QED) is 0.878. The van der Waals surface area contributed by atoms with Gasteiger partial charge in [0.2, 0.25) is 0 Å². The molecular weight excluding hydrogens is 270 g/mol. The number of aliphatic hydroxyl groups excluding tert-OH is 1. The maximum Gasteiger partial charge on any atom is 0.341 e.